The first-order valence-electron chi connectivity index (χ1n) is 4.62. The van der Waals surface area contributed by atoms with Crippen LogP contribution < -0.4 is 0 Å². The van der Waals surface area contributed by atoms with Gasteiger partial charge in [-0.05, 0) is 31.8 Å². The molecule has 2 rings (SSSR count). The summed E-state index contributed by atoms with van der Waals surface area (Å²) in [6.07, 6.45) is 2.95. The first-order chi connectivity index (χ1) is 5.34. The van der Waals surface area contributed by atoms with Crippen LogP contribution in [0.25, 0.3) is 0 Å². The summed E-state index contributed by atoms with van der Waals surface area (Å²) in [6, 6.07) is 0. The van der Waals surface area contributed by atoms with Gasteiger partial charge in [-0.3, -0.25) is 7.05 Å². The molecule has 2 aliphatic rings. The molecule has 0 spiro atoms. The molecule has 0 aromatic carbocycles. The van der Waals surface area contributed by atoms with Crippen LogP contribution in [-0.4, -0.2) is 42.5 Å². The molecule has 0 bridgehead atoms. The third-order valence-corrected chi connectivity index (χ3v) is 2.68. The van der Waals surface area contributed by atoms with E-state index in [4.69, 9.17) is 0 Å². The molecule has 2 heteroatoms. The van der Waals surface area contributed by atoms with Gasteiger partial charge in [0.15, 0.2) is 0 Å². The van der Waals surface area contributed by atoms with Gasteiger partial charge in [0, 0.05) is 19.6 Å². The van der Waals surface area contributed by atoms with Crippen LogP contribution in [0.5, 0.6) is 0 Å². The molecule has 2 nitrogen and oxygen atoms in total. The van der Waals surface area contributed by atoms with E-state index >= 15 is 0 Å². The molecule has 11 heavy (non-hydrogen) atoms. The SMILES string of the molecule is [CH2-]N1CCN(CC2CC2)CC1. The lowest BCUT2D eigenvalue weighted by Gasteiger charge is -2.37. The maximum atomic E-state index is 3.93. The normalized spacial score (nSPS) is 29.2. The Morgan fingerprint density at radius 1 is 1.09 bits per heavy atom. The second kappa shape index (κ2) is 3.11. The largest absolute Gasteiger partial charge is 0.457 e. The summed E-state index contributed by atoms with van der Waals surface area (Å²) >= 11 is 0. The zero-order chi connectivity index (χ0) is 7.68. The number of rotatable bonds is 2. The van der Waals surface area contributed by atoms with E-state index < -0.39 is 0 Å². The lowest BCUT2D eigenvalue weighted by atomic mass is 10.3. The minimum absolute atomic E-state index is 1.05. The molecule has 1 heterocycles. The molecule has 1 aliphatic carbocycles. The zero-order valence-corrected chi connectivity index (χ0v) is 7.13. The fraction of sp³-hybridized carbons (Fsp3) is 0.889. The van der Waals surface area contributed by atoms with E-state index in [2.05, 4.69) is 16.8 Å². The van der Waals surface area contributed by atoms with E-state index in [0.717, 1.165) is 19.0 Å². The van der Waals surface area contributed by atoms with Crippen LogP contribution in [0.1, 0.15) is 12.8 Å². The summed E-state index contributed by atoms with van der Waals surface area (Å²) in [7, 11) is 3.93. The molecule has 1 saturated carbocycles. The van der Waals surface area contributed by atoms with Crippen LogP contribution >= 0.6 is 0 Å². The van der Waals surface area contributed by atoms with E-state index in [1.165, 1.54) is 32.5 Å². The van der Waals surface area contributed by atoms with Gasteiger partial charge >= 0.3 is 0 Å². The van der Waals surface area contributed by atoms with Crippen LogP contribution in [0.15, 0.2) is 0 Å². The molecule has 64 valence electrons. The summed E-state index contributed by atoms with van der Waals surface area (Å²) in [5.74, 6) is 1.05. The van der Waals surface area contributed by atoms with Crippen LogP contribution in [0.2, 0.25) is 0 Å². The molecule has 1 aliphatic heterocycles. The lowest BCUT2D eigenvalue weighted by Crippen LogP contribution is -2.44. The second-order valence-corrected chi connectivity index (χ2v) is 3.86. The molecule has 0 N–H and O–H groups in total. The Labute approximate surface area is 69.2 Å². The molecule has 0 aromatic heterocycles. The minimum Gasteiger partial charge on any atom is -0.457 e. The summed E-state index contributed by atoms with van der Waals surface area (Å²) in [6.45, 7) is 6.15. The number of hydrogen-bond acceptors (Lipinski definition) is 2. The van der Waals surface area contributed by atoms with Crippen molar-refractivity contribution in [3.05, 3.63) is 7.05 Å². The van der Waals surface area contributed by atoms with Gasteiger partial charge in [-0.25, -0.2) is 0 Å². The highest BCUT2D eigenvalue weighted by Crippen LogP contribution is 2.29. The van der Waals surface area contributed by atoms with Crippen molar-refractivity contribution >= 4 is 0 Å². The van der Waals surface area contributed by atoms with Crippen LogP contribution in [0, 0.1) is 13.0 Å². The van der Waals surface area contributed by atoms with Crippen molar-refractivity contribution < 1.29 is 0 Å². The predicted octanol–water partition coefficient (Wildman–Crippen LogP) is 0.806. The first kappa shape index (κ1) is 7.56. The Morgan fingerprint density at radius 3 is 2.27 bits per heavy atom. The fourth-order valence-corrected chi connectivity index (χ4v) is 1.64. The molecule has 0 radical (unpaired) electrons. The van der Waals surface area contributed by atoms with Crippen molar-refractivity contribution in [2.45, 2.75) is 12.8 Å². The molecule has 1 saturated heterocycles. The van der Waals surface area contributed by atoms with E-state index in [9.17, 15) is 0 Å². The lowest BCUT2D eigenvalue weighted by molar-refractivity contribution is 0.161. The number of piperazine rings is 1. The maximum absolute atomic E-state index is 3.93. The molecule has 0 amide bonds. The highest BCUT2D eigenvalue weighted by Gasteiger charge is 2.24. The standard InChI is InChI=1S/C9H17N2/c1-10-4-6-11(7-5-10)8-9-2-3-9/h9H,1-8H2/q-1. The van der Waals surface area contributed by atoms with Gasteiger partial charge in [0.05, 0.1) is 0 Å². The highest BCUT2D eigenvalue weighted by molar-refractivity contribution is 4.80. The third kappa shape index (κ3) is 2.17. The predicted molar refractivity (Wildman–Crippen MR) is 46.1 cm³/mol. The molecular weight excluding hydrogens is 136 g/mol. The van der Waals surface area contributed by atoms with Crippen molar-refractivity contribution in [3.8, 4) is 0 Å². The molecule has 0 unspecified atom stereocenters. The summed E-state index contributed by atoms with van der Waals surface area (Å²) in [5.41, 5.74) is 0. The van der Waals surface area contributed by atoms with Crippen LogP contribution in [0.3, 0.4) is 0 Å². The molecule has 2 fully saturated rings. The molecule has 0 atom stereocenters. The Balaban J connectivity index is 1.69. The second-order valence-electron chi connectivity index (χ2n) is 3.86. The van der Waals surface area contributed by atoms with Gasteiger partial charge in [-0.15, -0.1) is 0 Å². The van der Waals surface area contributed by atoms with Crippen molar-refractivity contribution in [2.24, 2.45) is 5.92 Å². The quantitative estimate of drug-likeness (QED) is 0.542. The first-order valence-corrected chi connectivity index (χ1v) is 4.62. The summed E-state index contributed by atoms with van der Waals surface area (Å²) in [4.78, 5) is 4.75. The molecule has 0 aromatic rings. The maximum Gasteiger partial charge on any atom is 0.00858 e. The Bertz CT molecular complexity index is 124. The minimum atomic E-state index is 1.05. The van der Waals surface area contributed by atoms with Crippen molar-refractivity contribution in [2.75, 3.05) is 32.7 Å². The van der Waals surface area contributed by atoms with Crippen LogP contribution in [0.4, 0.5) is 0 Å². The Hall–Kier alpha value is -0.0800. The summed E-state index contributed by atoms with van der Waals surface area (Å²) < 4.78 is 0. The van der Waals surface area contributed by atoms with Gasteiger partial charge in [0.25, 0.3) is 0 Å². The van der Waals surface area contributed by atoms with Gasteiger partial charge in [-0.2, -0.15) is 0 Å². The zero-order valence-electron chi connectivity index (χ0n) is 7.13. The van der Waals surface area contributed by atoms with Gasteiger partial charge in [0.2, 0.25) is 0 Å². The van der Waals surface area contributed by atoms with Crippen molar-refractivity contribution in [3.63, 3.8) is 0 Å². The number of hydrogen-bond donors (Lipinski definition) is 0. The van der Waals surface area contributed by atoms with E-state index in [-0.39, 0.29) is 0 Å². The molecular formula is C9H17N2-. The van der Waals surface area contributed by atoms with Gasteiger partial charge < -0.3 is 9.80 Å². The smallest absolute Gasteiger partial charge is 0.00858 e. The van der Waals surface area contributed by atoms with Crippen molar-refractivity contribution in [1.82, 2.24) is 9.80 Å². The fourth-order valence-electron chi connectivity index (χ4n) is 1.64. The Morgan fingerprint density at radius 2 is 1.73 bits per heavy atom. The topological polar surface area (TPSA) is 6.48 Å². The average Bonchev–Trinajstić information content (AvgIpc) is 2.78. The monoisotopic (exact) mass is 153 g/mol. The number of nitrogens with zero attached hydrogens (tertiary/aromatic N) is 2. The average molecular weight is 153 g/mol. The third-order valence-electron chi connectivity index (χ3n) is 2.68. The van der Waals surface area contributed by atoms with Gasteiger partial charge in [0.1, 0.15) is 0 Å². The van der Waals surface area contributed by atoms with Crippen LogP contribution in [-0.2, 0) is 0 Å². The Kier molecular flexibility index (Phi) is 2.14. The van der Waals surface area contributed by atoms with E-state index in [1.807, 2.05) is 0 Å². The van der Waals surface area contributed by atoms with Crippen molar-refractivity contribution in [1.29, 1.82) is 0 Å². The van der Waals surface area contributed by atoms with E-state index in [0.29, 0.717) is 0 Å². The highest BCUT2D eigenvalue weighted by atomic mass is 15.2. The summed E-state index contributed by atoms with van der Waals surface area (Å²) in [5, 5.41) is 0. The van der Waals surface area contributed by atoms with E-state index in [1.54, 1.807) is 0 Å². The van der Waals surface area contributed by atoms with Gasteiger partial charge in [-0.1, -0.05) is 0 Å².